The Labute approximate surface area is 138 Å². The van der Waals surface area contributed by atoms with E-state index >= 15 is 0 Å². The first kappa shape index (κ1) is 15.1. The molecule has 4 heterocycles. The van der Waals surface area contributed by atoms with Crippen LogP contribution in [0.2, 0.25) is 0 Å². The fourth-order valence-electron chi connectivity index (χ4n) is 4.16. The second-order valence-electron chi connectivity index (χ2n) is 6.98. The molecule has 0 amide bonds. The molecular weight excluding hydrogens is 286 g/mol. The summed E-state index contributed by atoms with van der Waals surface area (Å²) >= 11 is 0. The third-order valence-corrected chi connectivity index (χ3v) is 5.51. The second-order valence-corrected chi connectivity index (χ2v) is 6.98. The summed E-state index contributed by atoms with van der Waals surface area (Å²) in [6, 6.07) is 4.64. The Morgan fingerprint density at radius 3 is 2.91 bits per heavy atom. The largest absolute Gasteiger partial charge is 0.317 e. The molecule has 2 aromatic heterocycles. The van der Waals surface area contributed by atoms with E-state index in [4.69, 9.17) is 4.98 Å². The molecule has 0 bridgehead atoms. The highest BCUT2D eigenvalue weighted by molar-refractivity contribution is 5.71. The quantitative estimate of drug-likeness (QED) is 0.940. The van der Waals surface area contributed by atoms with Crippen LogP contribution in [0.15, 0.2) is 18.3 Å². The Morgan fingerprint density at radius 1 is 1.26 bits per heavy atom. The van der Waals surface area contributed by atoms with Gasteiger partial charge >= 0.3 is 0 Å². The highest BCUT2D eigenvalue weighted by Crippen LogP contribution is 2.29. The zero-order valence-electron chi connectivity index (χ0n) is 14.0. The SMILES string of the molecule is CCN1CCC(n2c(CC3CCNCC3)nc3cccnc32)C1. The maximum atomic E-state index is 4.96. The number of likely N-dealkylation sites (N-methyl/N-ethyl adjacent to an activating group) is 1. The minimum Gasteiger partial charge on any atom is -0.317 e. The van der Waals surface area contributed by atoms with Crippen LogP contribution in [0.25, 0.3) is 11.2 Å². The van der Waals surface area contributed by atoms with Gasteiger partial charge < -0.3 is 14.8 Å². The third kappa shape index (κ3) is 3.00. The van der Waals surface area contributed by atoms with E-state index in [2.05, 4.69) is 32.8 Å². The van der Waals surface area contributed by atoms with Crippen LogP contribution in [-0.2, 0) is 6.42 Å². The van der Waals surface area contributed by atoms with Gasteiger partial charge in [-0.2, -0.15) is 0 Å². The molecule has 2 fully saturated rings. The van der Waals surface area contributed by atoms with Crippen molar-refractivity contribution >= 4 is 11.2 Å². The van der Waals surface area contributed by atoms with E-state index < -0.39 is 0 Å². The number of fused-ring (bicyclic) bond motifs is 1. The summed E-state index contributed by atoms with van der Waals surface area (Å²) in [5, 5.41) is 3.46. The zero-order chi connectivity index (χ0) is 15.6. The second kappa shape index (κ2) is 6.57. The van der Waals surface area contributed by atoms with Crippen molar-refractivity contribution in [1.82, 2.24) is 24.8 Å². The first-order valence-corrected chi connectivity index (χ1v) is 9.10. The zero-order valence-corrected chi connectivity index (χ0v) is 14.0. The summed E-state index contributed by atoms with van der Waals surface area (Å²) < 4.78 is 2.47. The van der Waals surface area contributed by atoms with Gasteiger partial charge in [-0.25, -0.2) is 9.97 Å². The standard InChI is InChI=1S/C18H27N5/c1-2-22-11-7-15(13-22)23-17(12-14-5-9-19-10-6-14)21-16-4-3-8-20-18(16)23/h3-4,8,14-15,19H,2,5-7,9-13H2,1H3. The number of hydrogen-bond acceptors (Lipinski definition) is 4. The molecule has 2 aromatic rings. The molecule has 0 radical (unpaired) electrons. The van der Waals surface area contributed by atoms with E-state index in [1.54, 1.807) is 0 Å². The van der Waals surface area contributed by atoms with Crippen LogP contribution in [0.5, 0.6) is 0 Å². The predicted molar refractivity (Wildman–Crippen MR) is 92.6 cm³/mol. The van der Waals surface area contributed by atoms with Gasteiger partial charge in [-0.3, -0.25) is 0 Å². The van der Waals surface area contributed by atoms with Gasteiger partial charge in [0.15, 0.2) is 5.65 Å². The smallest absolute Gasteiger partial charge is 0.160 e. The van der Waals surface area contributed by atoms with Crippen LogP contribution in [0.4, 0.5) is 0 Å². The molecule has 1 N–H and O–H groups in total. The average molecular weight is 313 g/mol. The molecule has 1 atom stereocenters. The lowest BCUT2D eigenvalue weighted by Gasteiger charge is -2.24. The summed E-state index contributed by atoms with van der Waals surface area (Å²) in [4.78, 5) is 12.2. The highest BCUT2D eigenvalue weighted by Gasteiger charge is 2.28. The van der Waals surface area contributed by atoms with Gasteiger partial charge in [0.1, 0.15) is 11.3 Å². The average Bonchev–Trinajstić information content (AvgIpc) is 3.19. The lowest BCUT2D eigenvalue weighted by Crippen LogP contribution is -2.29. The summed E-state index contributed by atoms with van der Waals surface area (Å²) in [5.41, 5.74) is 2.14. The van der Waals surface area contributed by atoms with Crippen molar-refractivity contribution in [3.05, 3.63) is 24.2 Å². The van der Waals surface area contributed by atoms with Crippen molar-refractivity contribution in [1.29, 1.82) is 0 Å². The number of hydrogen-bond donors (Lipinski definition) is 1. The van der Waals surface area contributed by atoms with Crippen LogP contribution >= 0.6 is 0 Å². The number of pyridine rings is 1. The van der Waals surface area contributed by atoms with Crippen molar-refractivity contribution < 1.29 is 0 Å². The molecule has 23 heavy (non-hydrogen) atoms. The van der Waals surface area contributed by atoms with E-state index in [9.17, 15) is 0 Å². The van der Waals surface area contributed by atoms with Gasteiger partial charge in [-0.15, -0.1) is 0 Å². The summed E-state index contributed by atoms with van der Waals surface area (Å²) in [7, 11) is 0. The van der Waals surface area contributed by atoms with Gasteiger partial charge in [0.25, 0.3) is 0 Å². The van der Waals surface area contributed by atoms with E-state index in [1.807, 2.05) is 12.3 Å². The maximum absolute atomic E-state index is 4.96. The van der Waals surface area contributed by atoms with Crippen molar-refractivity contribution in [3.63, 3.8) is 0 Å². The lowest BCUT2D eigenvalue weighted by molar-refractivity contribution is 0.334. The topological polar surface area (TPSA) is 46.0 Å². The normalized spacial score (nSPS) is 23.8. The molecule has 0 aliphatic carbocycles. The minimum absolute atomic E-state index is 0.534. The van der Waals surface area contributed by atoms with Gasteiger partial charge in [-0.1, -0.05) is 6.92 Å². The minimum atomic E-state index is 0.534. The number of aromatic nitrogens is 3. The maximum Gasteiger partial charge on any atom is 0.160 e. The number of imidazole rings is 1. The molecule has 0 aromatic carbocycles. The Kier molecular flexibility index (Phi) is 4.31. The first-order valence-electron chi connectivity index (χ1n) is 9.10. The van der Waals surface area contributed by atoms with Crippen LogP contribution in [0.3, 0.4) is 0 Å². The molecule has 0 spiro atoms. The molecule has 2 aliphatic heterocycles. The number of piperidine rings is 1. The van der Waals surface area contributed by atoms with Gasteiger partial charge in [0, 0.05) is 25.7 Å². The number of likely N-dealkylation sites (tertiary alicyclic amines) is 1. The summed E-state index contributed by atoms with van der Waals surface area (Å²) in [6.45, 7) is 8.02. The van der Waals surface area contributed by atoms with Crippen LogP contribution in [-0.4, -0.2) is 52.2 Å². The van der Waals surface area contributed by atoms with E-state index in [0.29, 0.717) is 6.04 Å². The monoisotopic (exact) mass is 313 g/mol. The molecular formula is C18H27N5. The molecule has 124 valence electrons. The van der Waals surface area contributed by atoms with Crippen molar-refractivity contribution in [2.24, 2.45) is 5.92 Å². The molecule has 1 unspecified atom stereocenters. The van der Waals surface area contributed by atoms with Crippen molar-refractivity contribution in [3.8, 4) is 0 Å². The lowest BCUT2D eigenvalue weighted by atomic mass is 9.94. The number of nitrogens with zero attached hydrogens (tertiary/aromatic N) is 4. The molecule has 5 heteroatoms. The van der Waals surface area contributed by atoms with E-state index in [-0.39, 0.29) is 0 Å². The summed E-state index contributed by atoms with van der Waals surface area (Å²) in [5.74, 6) is 2.02. The van der Waals surface area contributed by atoms with Gasteiger partial charge in [-0.05, 0) is 56.9 Å². The first-order chi connectivity index (χ1) is 11.3. The summed E-state index contributed by atoms with van der Waals surface area (Å²) in [6.07, 6.45) is 6.75. The van der Waals surface area contributed by atoms with Crippen LogP contribution in [0.1, 0.15) is 38.1 Å². The predicted octanol–water partition coefficient (Wildman–Crippen LogP) is 2.24. The van der Waals surface area contributed by atoms with Crippen molar-refractivity contribution in [2.75, 3.05) is 32.7 Å². The van der Waals surface area contributed by atoms with Crippen molar-refractivity contribution in [2.45, 2.75) is 38.6 Å². The Morgan fingerprint density at radius 2 is 2.13 bits per heavy atom. The van der Waals surface area contributed by atoms with Gasteiger partial charge in [0.2, 0.25) is 0 Å². The highest BCUT2D eigenvalue weighted by atomic mass is 15.2. The fourth-order valence-corrected chi connectivity index (χ4v) is 4.16. The van der Waals surface area contributed by atoms with E-state index in [1.165, 1.54) is 31.6 Å². The molecule has 0 saturated carbocycles. The Bertz CT molecular complexity index is 658. The molecule has 2 aliphatic rings. The molecule has 5 nitrogen and oxygen atoms in total. The molecule has 4 rings (SSSR count). The fraction of sp³-hybridized carbons (Fsp3) is 0.667. The van der Waals surface area contributed by atoms with Crippen LogP contribution in [0, 0.1) is 5.92 Å². The number of rotatable bonds is 4. The van der Waals surface area contributed by atoms with Gasteiger partial charge in [0.05, 0.1) is 6.04 Å². The van der Waals surface area contributed by atoms with Crippen LogP contribution < -0.4 is 5.32 Å². The number of nitrogens with one attached hydrogen (secondary N) is 1. The Hall–Kier alpha value is -1.46. The molecule has 2 saturated heterocycles. The van der Waals surface area contributed by atoms with E-state index in [0.717, 1.165) is 49.7 Å². The third-order valence-electron chi connectivity index (χ3n) is 5.51. The Balaban J connectivity index is 1.66.